The summed E-state index contributed by atoms with van der Waals surface area (Å²) in [6.07, 6.45) is 3.95. The first-order valence-corrected chi connectivity index (χ1v) is 10.3. The fraction of sp³-hybridized carbons (Fsp3) is 0.200. The second kappa shape index (κ2) is 7.84. The van der Waals surface area contributed by atoms with Crippen LogP contribution in [0, 0.1) is 22.7 Å². The highest BCUT2D eigenvalue weighted by molar-refractivity contribution is 7.90. The van der Waals surface area contributed by atoms with Crippen molar-refractivity contribution in [3.8, 4) is 12.1 Å². The molecular formula is C20H16ClN3O2S. The molecule has 0 amide bonds. The zero-order chi connectivity index (χ0) is 19.4. The summed E-state index contributed by atoms with van der Waals surface area (Å²) in [6, 6.07) is 14.9. The summed E-state index contributed by atoms with van der Waals surface area (Å²) in [7, 11) is -3.82. The minimum Gasteiger partial charge on any atom is -0.241 e. The Morgan fingerprint density at radius 3 is 2.26 bits per heavy atom. The number of aromatic nitrogens is 1. The Morgan fingerprint density at radius 2 is 1.63 bits per heavy atom. The molecule has 5 nitrogen and oxygen atoms in total. The molecule has 0 radical (unpaired) electrons. The van der Waals surface area contributed by atoms with Crippen LogP contribution < -0.4 is 0 Å². The molecule has 0 spiro atoms. The van der Waals surface area contributed by atoms with Crippen molar-refractivity contribution in [3.05, 3.63) is 65.4 Å². The van der Waals surface area contributed by atoms with E-state index >= 15 is 0 Å². The number of fused-ring (bicyclic) bond motifs is 1. The summed E-state index contributed by atoms with van der Waals surface area (Å²) in [5.74, 6) is 0.547. The standard InChI is InChI=1S/C20H16ClN3O2S/c21-10-2-1-3-17-14-24(20-9-6-16(13-23)11-19(17)20)27(25,26)18-7-4-15(12-22)5-8-18/h4-9,11,14H,1-3,10H2. The van der Waals surface area contributed by atoms with Gasteiger partial charge in [-0.05, 0) is 67.3 Å². The molecule has 0 aliphatic carbocycles. The van der Waals surface area contributed by atoms with Gasteiger partial charge in [-0.1, -0.05) is 0 Å². The van der Waals surface area contributed by atoms with Crippen LogP contribution in [0.1, 0.15) is 29.5 Å². The van der Waals surface area contributed by atoms with Gasteiger partial charge in [0.15, 0.2) is 0 Å². The van der Waals surface area contributed by atoms with Crippen molar-refractivity contribution in [1.82, 2.24) is 3.97 Å². The first-order valence-electron chi connectivity index (χ1n) is 8.37. The maximum Gasteiger partial charge on any atom is 0.268 e. The quantitative estimate of drug-likeness (QED) is 0.461. The van der Waals surface area contributed by atoms with Gasteiger partial charge in [0.05, 0.1) is 33.7 Å². The molecule has 27 heavy (non-hydrogen) atoms. The highest BCUT2D eigenvalue weighted by Gasteiger charge is 2.21. The van der Waals surface area contributed by atoms with Gasteiger partial charge in [0, 0.05) is 17.5 Å². The van der Waals surface area contributed by atoms with E-state index in [4.69, 9.17) is 16.9 Å². The van der Waals surface area contributed by atoms with Crippen LogP contribution in [0.5, 0.6) is 0 Å². The van der Waals surface area contributed by atoms with E-state index in [0.717, 1.165) is 23.8 Å². The van der Waals surface area contributed by atoms with Crippen LogP contribution >= 0.6 is 11.6 Å². The predicted molar refractivity (Wildman–Crippen MR) is 104 cm³/mol. The molecule has 0 fully saturated rings. The first kappa shape index (κ1) is 19.0. The molecule has 0 atom stereocenters. The third kappa shape index (κ3) is 3.68. The molecule has 0 N–H and O–H groups in total. The van der Waals surface area contributed by atoms with E-state index < -0.39 is 10.0 Å². The first-order chi connectivity index (χ1) is 13.0. The van der Waals surface area contributed by atoms with Gasteiger partial charge < -0.3 is 0 Å². The number of nitrogens with zero attached hydrogens (tertiary/aromatic N) is 3. The number of alkyl halides is 1. The molecule has 1 heterocycles. The number of hydrogen-bond acceptors (Lipinski definition) is 4. The lowest BCUT2D eigenvalue weighted by atomic mass is 10.1. The van der Waals surface area contributed by atoms with Crippen LogP contribution in [0.3, 0.4) is 0 Å². The van der Waals surface area contributed by atoms with Gasteiger partial charge in [-0.3, -0.25) is 0 Å². The van der Waals surface area contributed by atoms with Crippen molar-refractivity contribution in [3.63, 3.8) is 0 Å². The number of hydrogen-bond donors (Lipinski definition) is 0. The molecule has 136 valence electrons. The Hall–Kier alpha value is -2.80. The predicted octanol–water partition coefficient (Wildman–Crippen LogP) is 4.18. The molecule has 2 aromatic carbocycles. The van der Waals surface area contributed by atoms with Gasteiger partial charge >= 0.3 is 0 Å². The van der Waals surface area contributed by atoms with Crippen LogP contribution in [0.4, 0.5) is 0 Å². The molecule has 3 aromatic rings. The maximum atomic E-state index is 13.1. The van der Waals surface area contributed by atoms with Gasteiger partial charge in [-0.15, -0.1) is 11.6 Å². The van der Waals surface area contributed by atoms with Crippen molar-refractivity contribution in [1.29, 1.82) is 10.5 Å². The number of halogens is 1. The number of nitriles is 2. The molecule has 0 saturated carbocycles. The van der Waals surface area contributed by atoms with Gasteiger partial charge in [-0.2, -0.15) is 10.5 Å². The molecule has 1 aromatic heterocycles. The molecule has 0 aliphatic rings. The second-order valence-electron chi connectivity index (χ2n) is 6.08. The highest BCUT2D eigenvalue weighted by Crippen LogP contribution is 2.28. The lowest BCUT2D eigenvalue weighted by Gasteiger charge is -2.07. The third-order valence-corrected chi connectivity index (χ3v) is 6.31. The van der Waals surface area contributed by atoms with Gasteiger partial charge in [-0.25, -0.2) is 12.4 Å². The van der Waals surface area contributed by atoms with Crippen molar-refractivity contribution < 1.29 is 8.42 Å². The van der Waals surface area contributed by atoms with Crippen LogP contribution in [-0.4, -0.2) is 18.3 Å². The second-order valence-corrected chi connectivity index (χ2v) is 8.27. The fourth-order valence-corrected chi connectivity index (χ4v) is 4.54. The Morgan fingerprint density at radius 1 is 0.963 bits per heavy atom. The smallest absolute Gasteiger partial charge is 0.241 e. The van der Waals surface area contributed by atoms with Crippen LogP contribution in [-0.2, 0) is 16.4 Å². The SMILES string of the molecule is N#Cc1ccc(S(=O)(=O)n2cc(CCCCCl)c3cc(C#N)ccc32)cc1. The van der Waals surface area contributed by atoms with Crippen molar-refractivity contribution >= 4 is 32.5 Å². The Bertz CT molecular complexity index is 1170. The van der Waals surface area contributed by atoms with Crippen LogP contribution in [0.2, 0.25) is 0 Å². The number of benzene rings is 2. The average molecular weight is 398 g/mol. The van der Waals surface area contributed by atoms with E-state index in [9.17, 15) is 13.7 Å². The van der Waals surface area contributed by atoms with E-state index in [-0.39, 0.29) is 4.90 Å². The summed E-state index contributed by atoms with van der Waals surface area (Å²) in [6.45, 7) is 0. The zero-order valence-corrected chi connectivity index (χ0v) is 16.0. The molecule has 0 bridgehead atoms. The van der Waals surface area contributed by atoms with E-state index in [1.165, 1.54) is 28.2 Å². The fourth-order valence-electron chi connectivity index (χ4n) is 2.96. The Balaban J connectivity index is 2.15. The van der Waals surface area contributed by atoms with Gasteiger partial charge in [0.2, 0.25) is 0 Å². The van der Waals surface area contributed by atoms with Gasteiger partial charge in [0.25, 0.3) is 10.0 Å². The number of aryl methyl sites for hydroxylation is 1. The van der Waals surface area contributed by atoms with Crippen molar-refractivity contribution in [2.45, 2.75) is 24.2 Å². The normalized spacial score (nSPS) is 11.2. The summed E-state index contributed by atoms with van der Waals surface area (Å²) in [5, 5.41) is 18.8. The topological polar surface area (TPSA) is 86.7 Å². The molecule has 0 saturated heterocycles. The Labute approximate surface area is 163 Å². The summed E-state index contributed by atoms with van der Waals surface area (Å²) in [5.41, 5.74) is 2.27. The van der Waals surface area contributed by atoms with Crippen molar-refractivity contribution in [2.75, 3.05) is 5.88 Å². The zero-order valence-electron chi connectivity index (χ0n) is 14.4. The average Bonchev–Trinajstić information content (AvgIpc) is 3.07. The van der Waals surface area contributed by atoms with Crippen LogP contribution in [0.15, 0.2) is 53.6 Å². The van der Waals surface area contributed by atoms with E-state index in [2.05, 4.69) is 6.07 Å². The van der Waals surface area contributed by atoms with Gasteiger partial charge in [0.1, 0.15) is 0 Å². The molecular weight excluding hydrogens is 382 g/mol. The minimum absolute atomic E-state index is 0.107. The van der Waals surface area contributed by atoms with E-state index in [1.807, 2.05) is 6.07 Å². The van der Waals surface area contributed by atoms with E-state index in [1.54, 1.807) is 24.4 Å². The highest BCUT2D eigenvalue weighted by atomic mass is 35.5. The molecule has 0 aliphatic heterocycles. The molecule has 0 unspecified atom stereocenters. The van der Waals surface area contributed by atoms with E-state index in [0.29, 0.717) is 28.9 Å². The largest absolute Gasteiger partial charge is 0.268 e. The third-order valence-electron chi connectivity index (χ3n) is 4.35. The molecule has 3 rings (SSSR count). The summed E-state index contributed by atoms with van der Waals surface area (Å²) >= 11 is 5.75. The van der Waals surface area contributed by atoms with Crippen molar-refractivity contribution in [2.24, 2.45) is 0 Å². The maximum absolute atomic E-state index is 13.1. The number of rotatable bonds is 6. The monoisotopic (exact) mass is 397 g/mol. The number of unbranched alkanes of at least 4 members (excludes halogenated alkanes) is 1. The Kier molecular flexibility index (Phi) is 5.51. The lowest BCUT2D eigenvalue weighted by Crippen LogP contribution is -2.11. The summed E-state index contributed by atoms with van der Waals surface area (Å²) < 4.78 is 27.5. The molecule has 7 heteroatoms. The minimum atomic E-state index is -3.82. The lowest BCUT2D eigenvalue weighted by molar-refractivity contribution is 0.589. The summed E-state index contributed by atoms with van der Waals surface area (Å²) in [4.78, 5) is 0.107. The van der Waals surface area contributed by atoms with Crippen LogP contribution in [0.25, 0.3) is 10.9 Å².